The Balaban J connectivity index is 3.97. The zero-order valence-corrected chi connectivity index (χ0v) is 39.6. The molecule has 0 rings (SSSR count). The third-order valence-corrected chi connectivity index (χ3v) is 11.4. The molecule has 0 aromatic carbocycles. The topological polar surface area (TPSA) is 122 Å². The lowest BCUT2D eigenvalue weighted by Crippen LogP contribution is -2.19. The summed E-state index contributed by atoms with van der Waals surface area (Å²) in [5, 5.41) is 0. The molecule has 0 amide bonds. The molecular formula is C51H94O9. The quantitative estimate of drug-likeness (QED) is 0.0255. The van der Waals surface area contributed by atoms with E-state index in [-0.39, 0.29) is 50.2 Å². The van der Waals surface area contributed by atoms with Crippen LogP contribution in [-0.2, 0) is 42.9 Å². The summed E-state index contributed by atoms with van der Waals surface area (Å²) < 4.78 is 22.2. The van der Waals surface area contributed by atoms with Gasteiger partial charge in [-0.25, -0.2) is 4.79 Å². The molecule has 2 atom stereocenters. The molecule has 9 heteroatoms. The predicted molar refractivity (Wildman–Crippen MR) is 245 cm³/mol. The molecule has 0 spiro atoms. The fourth-order valence-corrected chi connectivity index (χ4v) is 7.54. The molecule has 0 heterocycles. The number of carbonyl (C=O) groups excluding carboxylic acids is 5. The zero-order chi connectivity index (χ0) is 44.2. The van der Waals surface area contributed by atoms with Crippen molar-refractivity contribution in [3.63, 3.8) is 0 Å². The van der Waals surface area contributed by atoms with E-state index in [1.807, 2.05) is 0 Å². The molecule has 0 aliphatic rings. The van der Waals surface area contributed by atoms with Gasteiger partial charge in [0.1, 0.15) is 12.2 Å². The summed E-state index contributed by atoms with van der Waals surface area (Å²) in [6, 6.07) is 0. The van der Waals surface area contributed by atoms with Crippen LogP contribution in [0.2, 0.25) is 0 Å². The number of esters is 4. The summed E-state index contributed by atoms with van der Waals surface area (Å²) in [7, 11) is 0. The van der Waals surface area contributed by atoms with Crippen LogP contribution >= 0.6 is 0 Å². The third-order valence-electron chi connectivity index (χ3n) is 11.4. The molecule has 0 bridgehead atoms. The maximum atomic E-state index is 12.6. The van der Waals surface area contributed by atoms with Crippen molar-refractivity contribution >= 4 is 29.7 Å². The van der Waals surface area contributed by atoms with Gasteiger partial charge in [-0.3, -0.25) is 19.2 Å². The van der Waals surface area contributed by atoms with E-state index in [0.29, 0.717) is 25.7 Å². The Morgan fingerprint density at radius 2 is 0.633 bits per heavy atom. The number of hydrogen-bond acceptors (Lipinski definition) is 9. The van der Waals surface area contributed by atoms with E-state index in [1.165, 1.54) is 103 Å². The highest BCUT2D eigenvalue weighted by Gasteiger charge is 2.18. The van der Waals surface area contributed by atoms with E-state index in [2.05, 4.69) is 27.7 Å². The lowest BCUT2D eigenvalue weighted by molar-refractivity contribution is -0.155. The minimum absolute atomic E-state index is 0.0446. The van der Waals surface area contributed by atoms with Crippen LogP contribution < -0.4 is 0 Å². The van der Waals surface area contributed by atoms with Crippen LogP contribution in [0.4, 0.5) is 0 Å². The van der Waals surface area contributed by atoms with Crippen LogP contribution in [0.3, 0.4) is 0 Å². The van der Waals surface area contributed by atoms with Gasteiger partial charge in [0, 0.05) is 19.3 Å². The second-order valence-electron chi connectivity index (χ2n) is 17.4. The van der Waals surface area contributed by atoms with E-state index in [1.54, 1.807) is 0 Å². The van der Waals surface area contributed by atoms with Gasteiger partial charge in [-0.1, -0.05) is 169 Å². The highest BCUT2D eigenvalue weighted by Crippen LogP contribution is 2.20. The first kappa shape index (κ1) is 57.5. The standard InChI is InChI=1S/C51H94O9/c1-5-9-13-17-21-29-37-45(35-27-15-11-7-3)59-49(54)39-31-23-19-25-33-43-57-48(53)42-41-47(52)51(56)58-44-34-26-20-24-32-40-50(55)60-46(36-28-16-12-8-4)38-30-22-18-14-10-6-2/h45-46H,5-44H2,1-4H3. The first-order valence-electron chi connectivity index (χ1n) is 25.5. The van der Waals surface area contributed by atoms with E-state index >= 15 is 0 Å². The fraction of sp³-hybridized carbons (Fsp3) is 0.902. The number of hydrogen-bond donors (Lipinski definition) is 0. The van der Waals surface area contributed by atoms with Crippen molar-refractivity contribution in [3.8, 4) is 0 Å². The lowest BCUT2D eigenvalue weighted by atomic mass is 10.0. The van der Waals surface area contributed by atoms with Gasteiger partial charge in [-0.2, -0.15) is 0 Å². The molecule has 0 aromatic rings. The second kappa shape index (κ2) is 44.6. The van der Waals surface area contributed by atoms with Crippen molar-refractivity contribution in [1.29, 1.82) is 0 Å². The Morgan fingerprint density at radius 1 is 0.317 bits per heavy atom. The van der Waals surface area contributed by atoms with Gasteiger partial charge < -0.3 is 18.9 Å². The molecule has 0 radical (unpaired) electrons. The highest BCUT2D eigenvalue weighted by atomic mass is 16.6. The molecule has 352 valence electrons. The van der Waals surface area contributed by atoms with Crippen LogP contribution in [0.5, 0.6) is 0 Å². The number of unbranched alkanes of at least 4 members (excludes halogenated alkanes) is 24. The molecule has 2 unspecified atom stereocenters. The number of rotatable bonds is 46. The zero-order valence-electron chi connectivity index (χ0n) is 39.6. The Kier molecular flexibility index (Phi) is 42.8. The van der Waals surface area contributed by atoms with E-state index in [4.69, 9.17) is 18.9 Å². The van der Waals surface area contributed by atoms with Crippen molar-refractivity contribution in [2.75, 3.05) is 13.2 Å². The maximum absolute atomic E-state index is 12.6. The van der Waals surface area contributed by atoms with Crippen LogP contribution in [0, 0.1) is 0 Å². The third kappa shape index (κ3) is 39.7. The van der Waals surface area contributed by atoms with Crippen LogP contribution in [-0.4, -0.2) is 55.1 Å². The molecule has 0 saturated carbocycles. The Bertz CT molecular complexity index is 1030. The molecule has 0 saturated heterocycles. The average Bonchev–Trinajstić information content (AvgIpc) is 3.24. The Morgan fingerprint density at radius 3 is 1.03 bits per heavy atom. The minimum Gasteiger partial charge on any atom is -0.466 e. The Hall–Kier alpha value is -2.45. The first-order valence-corrected chi connectivity index (χ1v) is 25.5. The minimum atomic E-state index is -0.903. The van der Waals surface area contributed by atoms with Gasteiger partial charge in [0.05, 0.1) is 19.6 Å². The molecule has 60 heavy (non-hydrogen) atoms. The van der Waals surface area contributed by atoms with Crippen molar-refractivity contribution in [2.24, 2.45) is 0 Å². The van der Waals surface area contributed by atoms with Crippen LogP contribution in [0.15, 0.2) is 0 Å². The molecule has 0 N–H and O–H groups in total. The van der Waals surface area contributed by atoms with Gasteiger partial charge >= 0.3 is 23.9 Å². The highest BCUT2D eigenvalue weighted by molar-refractivity contribution is 6.33. The van der Waals surface area contributed by atoms with Crippen molar-refractivity contribution in [3.05, 3.63) is 0 Å². The number of Topliss-reactive ketones (excluding diaryl/α,β-unsaturated/α-hetero) is 1. The molecular weight excluding hydrogens is 757 g/mol. The molecule has 0 aromatic heterocycles. The summed E-state index contributed by atoms with van der Waals surface area (Å²) in [4.78, 5) is 61.5. The molecule has 0 aliphatic carbocycles. The molecule has 0 aliphatic heterocycles. The molecule has 0 fully saturated rings. The SMILES string of the molecule is CCCCCCCCC(CCCCCC)OC(=O)CCCCCCCOC(=O)CCC(=O)C(=O)OCCCCCCCC(=O)OC(CCCCCC)CCCCCCCC. The predicted octanol–water partition coefficient (Wildman–Crippen LogP) is 14.4. The van der Waals surface area contributed by atoms with Gasteiger partial charge in [-0.05, 0) is 77.0 Å². The number of ether oxygens (including phenoxy) is 4. The van der Waals surface area contributed by atoms with Crippen LogP contribution in [0.25, 0.3) is 0 Å². The summed E-state index contributed by atoms with van der Waals surface area (Å²) in [5.74, 6) is -2.27. The van der Waals surface area contributed by atoms with Gasteiger partial charge in [0.15, 0.2) is 0 Å². The summed E-state index contributed by atoms with van der Waals surface area (Å²) in [5.41, 5.74) is 0. The average molecular weight is 851 g/mol. The monoisotopic (exact) mass is 851 g/mol. The second-order valence-corrected chi connectivity index (χ2v) is 17.4. The van der Waals surface area contributed by atoms with Gasteiger partial charge in [0.25, 0.3) is 0 Å². The lowest BCUT2D eigenvalue weighted by Gasteiger charge is -2.18. The smallest absolute Gasteiger partial charge is 0.374 e. The van der Waals surface area contributed by atoms with Crippen molar-refractivity contribution < 1.29 is 42.9 Å². The van der Waals surface area contributed by atoms with E-state index < -0.39 is 17.7 Å². The summed E-state index contributed by atoms with van der Waals surface area (Å²) >= 11 is 0. The fourth-order valence-electron chi connectivity index (χ4n) is 7.54. The number of carbonyl (C=O) groups is 5. The van der Waals surface area contributed by atoms with E-state index in [9.17, 15) is 24.0 Å². The van der Waals surface area contributed by atoms with Gasteiger partial charge in [0.2, 0.25) is 5.78 Å². The Labute approximate surface area is 368 Å². The van der Waals surface area contributed by atoms with Crippen molar-refractivity contribution in [2.45, 2.75) is 284 Å². The summed E-state index contributed by atoms with van der Waals surface area (Å²) in [6.07, 6.45) is 37.3. The molecule has 9 nitrogen and oxygen atoms in total. The van der Waals surface area contributed by atoms with Crippen molar-refractivity contribution in [1.82, 2.24) is 0 Å². The maximum Gasteiger partial charge on any atom is 0.374 e. The van der Waals surface area contributed by atoms with Crippen LogP contribution in [0.1, 0.15) is 272 Å². The van der Waals surface area contributed by atoms with Gasteiger partial charge in [-0.15, -0.1) is 0 Å². The first-order chi connectivity index (χ1) is 29.3. The van der Waals surface area contributed by atoms with E-state index in [0.717, 1.165) is 103 Å². The largest absolute Gasteiger partial charge is 0.466 e. The summed E-state index contributed by atoms with van der Waals surface area (Å²) in [6.45, 7) is 9.32. The normalized spacial score (nSPS) is 12.2. The number of ketones is 1.